The van der Waals surface area contributed by atoms with Gasteiger partial charge in [0.15, 0.2) is 0 Å². The summed E-state index contributed by atoms with van der Waals surface area (Å²) in [6.07, 6.45) is -3.40. The van der Waals surface area contributed by atoms with Gasteiger partial charge in [-0.05, 0) is 42.8 Å². The number of nitrogens with zero attached hydrogens (tertiary/aromatic N) is 4. The maximum Gasteiger partial charge on any atom is 0.490 e. The van der Waals surface area contributed by atoms with Gasteiger partial charge in [-0.25, -0.2) is 19.0 Å². The number of nitriles is 1. The molecule has 0 spiro atoms. The van der Waals surface area contributed by atoms with E-state index in [4.69, 9.17) is 15.2 Å². The maximum atomic E-state index is 14.2. The Kier molecular flexibility index (Phi) is 9.77. The summed E-state index contributed by atoms with van der Waals surface area (Å²) < 4.78 is 46.0. The van der Waals surface area contributed by atoms with Gasteiger partial charge in [0.1, 0.15) is 11.6 Å². The summed E-state index contributed by atoms with van der Waals surface area (Å²) in [6.45, 7) is 6.14. The predicted octanol–water partition coefficient (Wildman–Crippen LogP) is 3.19. The van der Waals surface area contributed by atoms with Crippen LogP contribution in [0.25, 0.3) is 0 Å². The van der Waals surface area contributed by atoms with Gasteiger partial charge in [-0.1, -0.05) is 0 Å². The van der Waals surface area contributed by atoms with Crippen LogP contribution in [0.2, 0.25) is 0 Å². The van der Waals surface area contributed by atoms with Gasteiger partial charge in [0, 0.05) is 45.5 Å². The minimum Gasteiger partial charge on any atom is -0.475 e. The third kappa shape index (κ3) is 8.74. The quantitative estimate of drug-likeness (QED) is 0.544. The fraction of sp³-hybridized carbons (Fsp3) is 0.364. The first-order valence-corrected chi connectivity index (χ1v) is 10.5. The fourth-order valence-corrected chi connectivity index (χ4v) is 3.20. The highest BCUT2D eigenvalue weighted by molar-refractivity contribution is 5.88. The molecule has 2 aromatic rings. The second-order valence-electron chi connectivity index (χ2n) is 7.38. The first kappa shape index (κ1) is 27.3. The van der Waals surface area contributed by atoms with Crippen molar-refractivity contribution in [3.8, 4) is 6.07 Å². The largest absolute Gasteiger partial charge is 0.490 e. The van der Waals surface area contributed by atoms with Gasteiger partial charge in [-0.15, -0.1) is 0 Å². The van der Waals surface area contributed by atoms with Crippen molar-refractivity contribution >= 4 is 23.5 Å². The van der Waals surface area contributed by atoms with Crippen LogP contribution < -0.4 is 15.5 Å². The predicted molar refractivity (Wildman–Crippen MR) is 119 cm³/mol. The second kappa shape index (κ2) is 12.5. The molecule has 0 radical (unpaired) electrons. The number of pyridine rings is 1. The summed E-state index contributed by atoms with van der Waals surface area (Å²) in [5.74, 6) is -2.60. The minimum absolute atomic E-state index is 0.273. The van der Waals surface area contributed by atoms with Crippen molar-refractivity contribution in [1.82, 2.24) is 15.2 Å². The molecule has 3 rings (SSSR count). The van der Waals surface area contributed by atoms with Crippen molar-refractivity contribution in [3.05, 3.63) is 53.5 Å². The van der Waals surface area contributed by atoms with Gasteiger partial charge in [-0.3, -0.25) is 10.2 Å². The number of piperazine rings is 1. The number of carbonyl (C=O) groups excluding carboxylic acids is 1. The smallest absolute Gasteiger partial charge is 0.475 e. The van der Waals surface area contributed by atoms with Crippen molar-refractivity contribution in [2.75, 3.05) is 42.9 Å². The number of aliphatic carboxylic acids is 1. The summed E-state index contributed by atoms with van der Waals surface area (Å²) in [5.41, 5.74) is 1.92. The van der Waals surface area contributed by atoms with Crippen molar-refractivity contribution in [3.63, 3.8) is 0 Å². The molecule has 2 heterocycles. The molecule has 1 aliphatic rings. The Morgan fingerprint density at radius 2 is 1.83 bits per heavy atom. The lowest BCUT2D eigenvalue weighted by molar-refractivity contribution is -0.192. The molecule has 2 amide bonds. The van der Waals surface area contributed by atoms with Gasteiger partial charge in [0.25, 0.3) is 0 Å². The number of carbonyl (C=O) groups is 2. The summed E-state index contributed by atoms with van der Waals surface area (Å²) in [4.78, 5) is 29.0. The summed E-state index contributed by atoms with van der Waals surface area (Å²) in [6, 6.07) is 10.1. The van der Waals surface area contributed by atoms with E-state index in [1.165, 1.54) is 6.07 Å². The number of hydrogen-bond donors (Lipinski definition) is 3. The molecular weight excluding hydrogens is 472 g/mol. The maximum absolute atomic E-state index is 14.2. The lowest BCUT2D eigenvalue weighted by Gasteiger charge is -2.36. The minimum atomic E-state index is -5.08. The Hall–Kier alpha value is -3.92. The highest BCUT2D eigenvalue weighted by Gasteiger charge is 2.38. The number of amides is 2. The van der Waals surface area contributed by atoms with E-state index in [9.17, 15) is 22.4 Å². The molecule has 0 atom stereocenters. The molecule has 188 valence electrons. The number of rotatable bonds is 5. The molecule has 0 aliphatic carbocycles. The van der Waals surface area contributed by atoms with E-state index in [0.29, 0.717) is 36.7 Å². The summed E-state index contributed by atoms with van der Waals surface area (Å²) in [7, 11) is 0. The third-order valence-corrected chi connectivity index (χ3v) is 4.84. The second-order valence-corrected chi connectivity index (χ2v) is 7.38. The van der Waals surface area contributed by atoms with E-state index in [1.807, 2.05) is 30.0 Å². The number of nitrogens with one attached hydrogen (secondary N) is 2. The molecule has 0 bridgehead atoms. The Bertz CT molecular complexity index is 1070. The number of anilines is 2. The zero-order valence-electron chi connectivity index (χ0n) is 18.8. The molecule has 13 heteroatoms. The zero-order chi connectivity index (χ0) is 26.0. The molecular formula is C22H24F4N6O3. The van der Waals surface area contributed by atoms with Crippen molar-refractivity contribution in [1.29, 1.82) is 5.26 Å². The molecule has 1 aromatic carbocycles. The van der Waals surface area contributed by atoms with Gasteiger partial charge in [0.2, 0.25) is 0 Å². The van der Waals surface area contributed by atoms with E-state index >= 15 is 0 Å². The van der Waals surface area contributed by atoms with Crippen molar-refractivity contribution < 1.29 is 32.3 Å². The first-order valence-electron chi connectivity index (χ1n) is 10.5. The zero-order valence-corrected chi connectivity index (χ0v) is 18.8. The van der Waals surface area contributed by atoms with Gasteiger partial charge in [0.05, 0.1) is 17.3 Å². The molecule has 1 aromatic heterocycles. The van der Waals surface area contributed by atoms with Gasteiger partial charge >= 0.3 is 18.2 Å². The van der Waals surface area contributed by atoms with Crippen LogP contribution in [0.15, 0.2) is 36.5 Å². The van der Waals surface area contributed by atoms with Crippen molar-refractivity contribution in [2.45, 2.75) is 19.6 Å². The highest BCUT2D eigenvalue weighted by Crippen LogP contribution is 2.22. The molecule has 35 heavy (non-hydrogen) atoms. The number of carboxylic acid groups (broad SMARTS) is 1. The Labute approximate surface area is 199 Å². The fourth-order valence-electron chi connectivity index (χ4n) is 3.20. The van der Waals surface area contributed by atoms with Crippen LogP contribution in [0.1, 0.15) is 18.1 Å². The van der Waals surface area contributed by atoms with Gasteiger partial charge in [-0.2, -0.15) is 18.4 Å². The van der Waals surface area contributed by atoms with Crippen molar-refractivity contribution in [2.24, 2.45) is 0 Å². The Morgan fingerprint density at radius 1 is 1.17 bits per heavy atom. The number of hydrogen-bond acceptors (Lipinski definition) is 6. The highest BCUT2D eigenvalue weighted by atomic mass is 19.4. The van der Waals surface area contributed by atoms with Crippen LogP contribution in [-0.4, -0.2) is 65.9 Å². The molecule has 0 saturated carbocycles. The number of aromatic nitrogens is 1. The van der Waals surface area contributed by atoms with E-state index in [2.05, 4.69) is 20.5 Å². The lowest BCUT2D eigenvalue weighted by Crippen LogP contribution is -2.46. The normalized spacial score (nSPS) is 13.8. The number of benzene rings is 1. The van der Waals surface area contributed by atoms with Crippen LogP contribution >= 0.6 is 0 Å². The van der Waals surface area contributed by atoms with E-state index in [0.717, 1.165) is 25.2 Å². The third-order valence-electron chi connectivity index (χ3n) is 4.84. The molecule has 1 aliphatic heterocycles. The first-order chi connectivity index (χ1) is 16.5. The average molecular weight is 496 g/mol. The van der Waals surface area contributed by atoms with E-state index < -0.39 is 12.1 Å². The topological polar surface area (TPSA) is 122 Å². The standard InChI is InChI=1S/C20H23FN6O.C2HF3O2/c1-2-23-20(28)25-19-12-16(5-6-24-19)14-26-7-9-27(10-8-26)18-4-3-15(13-22)11-17(18)21;3-2(4,5)1(6)7/h3-6,11-12H,2,7-10,14H2,1H3,(H2,23,24,25,28);(H,6,7). The van der Waals surface area contributed by atoms with E-state index in [1.54, 1.807) is 18.3 Å². The van der Waals surface area contributed by atoms with E-state index in [-0.39, 0.29) is 11.8 Å². The average Bonchev–Trinajstić information content (AvgIpc) is 2.80. The summed E-state index contributed by atoms with van der Waals surface area (Å²) in [5, 5.41) is 21.4. The van der Waals surface area contributed by atoms with Crippen LogP contribution in [-0.2, 0) is 11.3 Å². The number of halogens is 4. The van der Waals surface area contributed by atoms with Gasteiger partial charge < -0.3 is 15.3 Å². The molecule has 1 saturated heterocycles. The SMILES string of the molecule is CCNC(=O)Nc1cc(CN2CCN(c3ccc(C#N)cc3F)CC2)ccn1.O=C(O)C(F)(F)F. The lowest BCUT2D eigenvalue weighted by atomic mass is 10.1. The molecule has 1 fully saturated rings. The number of carboxylic acids is 1. The Morgan fingerprint density at radius 3 is 2.37 bits per heavy atom. The van der Waals surface area contributed by atoms with Crippen LogP contribution in [0, 0.1) is 17.1 Å². The number of alkyl halides is 3. The monoisotopic (exact) mass is 496 g/mol. The molecule has 9 nitrogen and oxygen atoms in total. The molecule has 3 N–H and O–H groups in total. The number of urea groups is 1. The van der Waals surface area contributed by atoms with Crippen LogP contribution in [0.4, 0.5) is 33.9 Å². The Balaban J connectivity index is 0.000000540. The molecule has 0 unspecified atom stereocenters. The van der Waals surface area contributed by atoms with Crippen LogP contribution in [0.3, 0.4) is 0 Å². The van der Waals surface area contributed by atoms with Crippen LogP contribution in [0.5, 0.6) is 0 Å². The summed E-state index contributed by atoms with van der Waals surface area (Å²) >= 11 is 0.